The fraction of sp³-hybridized carbons (Fsp3) is 0.0909. The molecule has 2 rings (SSSR count). The highest BCUT2D eigenvalue weighted by Crippen LogP contribution is 2.26. The number of hydrogen-bond acceptors (Lipinski definition) is 3. The van der Waals surface area contributed by atoms with Crippen LogP contribution in [-0.2, 0) is 4.74 Å². The molecule has 0 aliphatic carbocycles. The first kappa shape index (κ1) is 11.4. The maximum Gasteiger partial charge on any atom is 0.356 e. The molecule has 0 N–H and O–H groups in total. The fourth-order valence-electron chi connectivity index (χ4n) is 1.37. The molecule has 3 nitrogen and oxygen atoms in total. The molecule has 0 spiro atoms. The van der Waals surface area contributed by atoms with Crippen LogP contribution in [0.5, 0.6) is 0 Å². The van der Waals surface area contributed by atoms with Crippen LogP contribution in [-0.4, -0.2) is 18.1 Å². The maximum atomic E-state index is 11.3. The standard InChI is InChI=1S/C11H7BrClNO2/c1-16-11(15)10-5-8(13)7-4-6(12)2-3-9(7)14-10/h2-5H,1H3. The Hall–Kier alpha value is -1.13. The molecule has 0 aliphatic rings. The van der Waals surface area contributed by atoms with Gasteiger partial charge < -0.3 is 4.74 Å². The molecule has 0 radical (unpaired) electrons. The predicted molar refractivity (Wildman–Crippen MR) is 65.8 cm³/mol. The Morgan fingerprint density at radius 1 is 1.44 bits per heavy atom. The third-order valence-corrected chi connectivity index (χ3v) is 2.92. The molecule has 1 aromatic heterocycles. The number of aromatic nitrogens is 1. The van der Waals surface area contributed by atoms with Crippen LogP contribution in [0.3, 0.4) is 0 Å². The number of esters is 1. The molecule has 0 bridgehead atoms. The summed E-state index contributed by atoms with van der Waals surface area (Å²) in [4.78, 5) is 15.5. The number of fused-ring (bicyclic) bond motifs is 1. The summed E-state index contributed by atoms with van der Waals surface area (Å²) >= 11 is 9.42. The van der Waals surface area contributed by atoms with E-state index in [4.69, 9.17) is 11.6 Å². The molecule has 0 aliphatic heterocycles. The number of benzene rings is 1. The number of rotatable bonds is 1. The fourth-order valence-corrected chi connectivity index (χ4v) is 1.98. The second-order valence-electron chi connectivity index (χ2n) is 3.14. The van der Waals surface area contributed by atoms with E-state index in [9.17, 15) is 4.79 Å². The first-order valence-electron chi connectivity index (χ1n) is 4.46. The summed E-state index contributed by atoms with van der Waals surface area (Å²) in [5.41, 5.74) is 0.874. The summed E-state index contributed by atoms with van der Waals surface area (Å²) < 4.78 is 5.51. The van der Waals surface area contributed by atoms with Gasteiger partial charge in [0.2, 0.25) is 0 Å². The summed E-state index contributed by atoms with van der Waals surface area (Å²) in [6.07, 6.45) is 0. The lowest BCUT2D eigenvalue weighted by Gasteiger charge is -2.04. The van der Waals surface area contributed by atoms with Crippen LogP contribution in [0.1, 0.15) is 10.5 Å². The zero-order valence-corrected chi connectivity index (χ0v) is 10.7. The Balaban J connectivity index is 2.68. The third-order valence-electron chi connectivity index (χ3n) is 2.11. The molecular weight excluding hydrogens is 293 g/mol. The summed E-state index contributed by atoms with van der Waals surface area (Å²) in [5.74, 6) is -0.494. The average molecular weight is 301 g/mol. The number of nitrogens with zero attached hydrogens (tertiary/aromatic N) is 1. The minimum Gasteiger partial charge on any atom is -0.464 e. The molecule has 0 amide bonds. The Bertz CT molecular complexity index is 571. The maximum absolute atomic E-state index is 11.3. The van der Waals surface area contributed by atoms with E-state index in [1.54, 1.807) is 6.07 Å². The minimum atomic E-state index is -0.494. The van der Waals surface area contributed by atoms with Crippen molar-refractivity contribution in [2.24, 2.45) is 0 Å². The van der Waals surface area contributed by atoms with Gasteiger partial charge >= 0.3 is 5.97 Å². The molecule has 16 heavy (non-hydrogen) atoms. The zero-order valence-electron chi connectivity index (χ0n) is 8.33. The van der Waals surface area contributed by atoms with Gasteiger partial charge in [-0.3, -0.25) is 0 Å². The van der Waals surface area contributed by atoms with Gasteiger partial charge in [0.05, 0.1) is 17.6 Å². The Kier molecular flexibility index (Phi) is 3.12. The summed E-state index contributed by atoms with van der Waals surface area (Å²) in [6, 6.07) is 6.98. The number of hydrogen-bond donors (Lipinski definition) is 0. The van der Waals surface area contributed by atoms with Gasteiger partial charge in [-0.2, -0.15) is 0 Å². The summed E-state index contributed by atoms with van der Waals surface area (Å²) in [7, 11) is 1.31. The van der Waals surface area contributed by atoms with Gasteiger partial charge in [-0.05, 0) is 24.3 Å². The van der Waals surface area contributed by atoms with Crippen molar-refractivity contribution in [2.45, 2.75) is 0 Å². The van der Waals surface area contributed by atoms with Gasteiger partial charge in [0, 0.05) is 9.86 Å². The Morgan fingerprint density at radius 2 is 2.19 bits per heavy atom. The van der Waals surface area contributed by atoms with E-state index < -0.39 is 5.97 Å². The topological polar surface area (TPSA) is 39.2 Å². The van der Waals surface area contributed by atoms with Crippen LogP contribution in [0.4, 0.5) is 0 Å². The Labute approximate surface area is 106 Å². The van der Waals surface area contributed by atoms with Crippen LogP contribution in [0, 0.1) is 0 Å². The highest BCUT2D eigenvalue weighted by Gasteiger charge is 2.11. The van der Waals surface area contributed by atoms with Crippen LogP contribution in [0.2, 0.25) is 5.02 Å². The smallest absolute Gasteiger partial charge is 0.356 e. The second-order valence-corrected chi connectivity index (χ2v) is 4.47. The number of methoxy groups -OCH3 is 1. The van der Waals surface area contributed by atoms with Gasteiger partial charge in [-0.15, -0.1) is 0 Å². The number of carbonyl (C=O) groups excluding carboxylic acids is 1. The van der Waals surface area contributed by atoms with Crippen molar-refractivity contribution in [1.82, 2.24) is 4.98 Å². The first-order valence-corrected chi connectivity index (χ1v) is 5.63. The van der Waals surface area contributed by atoms with Gasteiger partial charge in [0.25, 0.3) is 0 Å². The molecule has 1 heterocycles. The van der Waals surface area contributed by atoms with Crippen LogP contribution >= 0.6 is 27.5 Å². The van der Waals surface area contributed by atoms with Gasteiger partial charge in [0.15, 0.2) is 5.69 Å². The minimum absolute atomic E-state index is 0.210. The predicted octanol–water partition coefficient (Wildman–Crippen LogP) is 3.44. The molecule has 0 atom stereocenters. The lowest BCUT2D eigenvalue weighted by molar-refractivity contribution is 0.0594. The number of ether oxygens (including phenoxy) is 1. The molecule has 0 unspecified atom stereocenters. The number of carbonyl (C=O) groups is 1. The van der Waals surface area contributed by atoms with Gasteiger partial charge in [0.1, 0.15) is 0 Å². The molecule has 2 aromatic rings. The largest absolute Gasteiger partial charge is 0.464 e. The van der Waals surface area contributed by atoms with Gasteiger partial charge in [-0.1, -0.05) is 27.5 Å². The number of pyridine rings is 1. The third kappa shape index (κ3) is 2.03. The molecule has 0 saturated carbocycles. The average Bonchev–Trinajstić information content (AvgIpc) is 2.28. The quantitative estimate of drug-likeness (QED) is 0.757. The van der Waals surface area contributed by atoms with E-state index in [1.165, 1.54) is 13.2 Å². The Morgan fingerprint density at radius 3 is 2.88 bits per heavy atom. The van der Waals surface area contributed by atoms with Crippen molar-refractivity contribution < 1.29 is 9.53 Å². The lowest BCUT2D eigenvalue weighted by atomic mass is 10.2. The molecule has 0 saturated heterocycles. The second kappa shape index (κ2) is 4.39. The SMILES string of the molecule is COC(=O)c1cc(Cl)c2cc(Br)ccc2n1. The van der Waals surface area contributed by atoms with Crippen molar-refractivity contribution >= 4 is 44.4 Å². The molecule has 5 heteroatoms. The molecule has 82 valence electrons. The first-order chi connectivity index (χ1) is 7.61. The normalized spacial score (nSPS) is 10.4. The summed E-state index contributed by atoms with van der Waals surface area (Å²) in [6.45, 7) is 0. The highest BCUT2D eigenvalue weighted by molar-refractivity contribution is 9.10. The van der Waals surface area contributed by atoms with E-state index in [-0.39, 0.29) is 5.69 Å². The van der Waals surface area contributed by atoms with E-state index in [1.807, 2.05) is 12.1 Å². The van der Waals surface area contributed by atoms with Crippen molar-refractivity contribution in [3.63, 3.8) is 0 Å². The molecule has 0 fully saturated rings. The lowest BCUT2D eigenvalue weighted by Crippen LogP contribution is -2.04. The van der Waals surface area contributed by atoms with E-state index in [2.05, 4.69) is 25.7 Å². The van der Waals surface area contributed by atoms with Crippen molar-refractivity contribution in [1.29, 1.82) is 0 Å². The van der Waals surface area contributed by atoms with Crippen molar-refractivity contribution in [2.75, 3.05) is 7.11 Å². The van der Waals surface area contributed by atoms with Crippen LogP contribution < -0.4 is 0 Å². The zero-order chi connectivity index (χ0) is 11.7. The molecular formula is C11H7BrClNO2. The van der Waals surface area contributed by atoms with Gasteiger partial charge in [-0.25, -0.2) is 9.78 Å². The molecule has 1 aromatic carbocycles. The van der Waals surface area contributed by atoms with E-state index in [0.29, 0.717) is 10.5 Å². The van der Waals surface area contributed by atoms with Crippen molar-refractivity contribution in [3.05, 3.63) is 39.5 Å². The number of halogens is 2. The monoisotopic (exact) mass is 299 g/mol. The highest BCUT2D eigenvalue weighted by atomic mass is 79.9. The summed E-state index contributed by atoms with van der Waals surface area (Å²) in [5, 5.41) is 1.27. The van der Waals surface area contributed by atoms with Crippen LogP contribution in [0.15, 0.2) is 28.7 Å². The van der Waals surface area contributed by atoms with E-state index >= 15 is 0 Å². The van der Waals surface area contributed by atoms with Crippen LogP contribution in [0.25, 0.3) is 10.9 Å². The van der Waals surface area contributed by atoms with Crippen molar-refractivity contribution in [3.8, 4) is 0 Å². The van der Waals surface area contributed by atoms with E-state index in [0.717, 1.165) is 9.86 Å².